The molecule has 0 fully saturated rings. The lowest BCUT2D eigenvalue weighted by Gasteiger charge is -2.15. The summed E-state index contributed by atoms with van der Waals surface area (Å²) in [7, 11) is 0. The number of aliphatic hydroxyl groups is 1. The molecule has 0 aromatic rings. The maximum Gasteiger partial charge on any atom is 0.306 e. The number of unbranched alkanes of at least 4 members (excludes halogenated alkanes) is 29. The summed E-state index contributed by atoms with van der Waals surface area (Å²) in [5.74, 6) is -0.602. The average Bonchev–Trinajstić information content (AvgIpc) is 3.32. The molecule has 380 valence electrons. The number of aliphatic hydroxyl groups excluding tert-OH is 1. The molecule has 5 heteroatoms. The van der Waals surface area contributed by atoms with Crippen LogP contribution in [0.5, 0.6) is 0 Å². The molecular weight excluding hydrogens is 813 g/mol. The minimum Gasteiger partial charge on any atom is -0.462 e. The van der Waals surface area contributed by atoms with E-state index in [1.807, 2.05) is 0 Å². The minimum atomic E-state index is -0.783. The van der Waals surface area contributed by atoms with Crippen LogP contribution in [0.25, 0.3) is 0 Å². The van der Waals surface area contributed by atoms with Crippen molar-refractivity contribution in [3.05, 3.63) is 85.1 Å². The van der Waals surface area contributed by atoms with Crippen LogP contribution in [0.1, 0.15) is 271 Å². The molecule has 0 saturated carbocycles. The Balaban J connectivity index is 3.48. The van der Waals surface area contributed by atoms with Gasteiger partial charge in [-0.3, -0.25) is 9.59 Å². The smallest absolute Gasteiger partial charge is 0.306 e. The third-order valence-electron chi connectivity index (χ3n) is 12.2. The average molecular weight is 920 g/mol. The predicted molar refractivity (Wildman–Crippen MR) is 288 cm³/mol. The number of rotatable bonds is 51. The monoisotopic (exact) mass is 919 g/mol. The van der Waals surface area contributed by atoms with Crippen LogP contribution in [0.15, 0.2) is 85.1 Å². The molecule has 0 aromatic heterocycles. The first-order valence-corrected chi connectivity index (χ1v) is 28.1. The molecule has 0 amide bonds. The highest BCUT2D eigenvalue weighted by Gasteiger charge is 2.16. The number of allylic oxidation sites excluding steroid dienone is 14. The maximum absolute atomic E-state index is 12.3. The molecule has 1 atom stereocenters. The van der Waals surface area contributed by atoms with Crippen LogP contribution in [0.2, 0.25) is 0 Å². The number of hydrogen-bond donors (Lipinski definition) is 1. The third kappa shape index (κ3) is 53.7. The van der Waals surface area contributed by atoms with E-state index in [2.05, 4.69) is 98.9 Å². The van der Waals surface area contributed by atoms with Gasteiger partial charge >= 0.3 is 11.9 Å². The second kappa shape index (κ2) is 56.4. The molecule has 1 unspecified atom stereocenters. The van der Waals surface area contributed by atoms with E-state index in [-0.39, 0.29) is 25.2 Å². The van der Waals surface area contributed by atoms with Crippen LogP contribution in [-0.2, 0) is 19.1 Å². The summed E-state index contributed by atoms with van der Waals surface area (Å²) in [6.07, 6.45) is 78.4. The molecular formula is C61H106O5. The molecule has 0 heterocycles. The molecule has 66 heavy (non-hydrogen) atoms. The van der Waals surface area contributed by atoms with Gasteiger partial charge in [0.25, 0.3) is 0 Å². The lowest BCUT2D eigenvalue weighted by molar-refractivity contribution is -0.161. The maximum atomic E-state index is 12.3. The van der Waals surface area contributed by atoms with Gasteiger partial charge in [-0.25, -0.2) is 0 Å². The van der Waals surface area contributed by atoms with Gasteiger partial charge in [-0.15, -0.1) is 0 Å². The zero-order valence-corrected chi connectivity index (χ0v) is 43.4. The Morgan fingerprint density at radius 2 is 0.652 bits per heavy atom. The number of carbonyl (C=O) groups excluding carboxylic acids is 2. The van der Waals surface area contributed by atoms with Crippen molar-refractivity contribution < 1.29 is 24.2 Å². The Hall–Kier alpha value is -2.92. The van der Waals surface area contributed by atoms with Crippen molar-refractivity contribution >= 4 is 11.9 Å². The number of hydrogen-bond acceptors (Lipinski definition) is 5. The molecule has 0 rings (SSSR count). The molecule has 0 bridgehead atoms. The Kier molecular flexibility index (Phi) is 53.9. The van der Waals surface area contributed by atoms with Gasteiger partial charge in [-0.1, -0.05) is 253 Å². The fourth-order valence-corrected chi connectivity index (χ4v) is 7.97. The van der Waals surface area contributed by atoms with Gasteiger partial charge in [0.05, 0.1) is 6.61 Å². The molecule has 0 aromatic carbocycles. The fourth-order valence-electron chi connectivity index (χ4n) is 7.97. The highest BCUT2D eigenvalue weighted by molar-refractivity contribution is 5.70. The second-order valence-electron chi connectivity index (χ2n) is 18.6. The van der Waals surface area contributed by atoms with E-state index in [0.717, 1.165) is 83.5 Å². The molecule has 0 aliphatic carbocycles. The number of carbonyl (C=O) groups is 2. The van der Waals surface area contributed by atoms with Crippen molar-refractivity contribution in [3.63, 3.8) is 0 Å². The summed E-state index contributed by atoms with van der Waals surface area (Å²) >= 11 is 0. The van der Waals surface area contributed by atoms with Gasteiger partial charge in [-0.2, -0.15) is 0 Å². The standard InChI is InChI=1S/C61H106O5/c1-3-5-7-9-11-13-15-17-19-21-23-24-25-26-27-28-29-30-31-32-33-34-35-36-38-39-41-43-45-47-49-51-53-55-60(63)65-58-59(57-62)66-61(64)56-54-52-50-48-46-44-42-40-37-22-20-18-16-14-12-10-8-6-4-2/h6,8,12,14-15,17-18,20-21,23,25-26,37,40,59,62H,3-5,7,9-11,13,16,19,22,24,27-36,38-39,41-58H2,1-2H3/b8-6-,14-12-,17-15-,20-18-,23-21-,26-25-,40-37-. The summed E-state index contributed by atoms with van der Waals surface area (Å²) in [6.45, 7) is 4.02. The van der Waals surface area contributed by atoms with Crippen molar-refractivity contribution in [3.8, 4) is 0 Å². The first kappa shape index (κ1) is 63.1. The van der Waals surface area contributed by atoms with E-state index in [1.165, 1.54) is 161 Å². The zero-order valence-electron chi connectivity index (χ0n) is 43.4. The van der Waals surface area contributed by atoms with Crippen molar-refractivity contribution in [2.45, 2.75) is 277 Å². The Bertz CT molecular complexity index is 1220. The lowest BCUT2D eigenvalue weighted by Crippen LogP contribution is -2.28. The highest BCUT2D eigenvalue weighted by Crippen LogP contribution is 2.16. The summed E-state index contributed by atoms with van der Waals surface area (Å²) in [5, 5.41) is 9.64. The summed E-state index contributed by atoms with van der Waals surface area (Å²) in [4.78, 5) is 24.5. The SMILES string of the molecule is CC/C=C\C/C=C\C/C=C\C/C=C\CCCCCCCCC(=O)OC(CO)COC(=O)CCCCCCCCCCCCCCCCCCCC/C=C\C/C=C\C/C=C\CCCCCCC. The molecule has 0 spiro atoms. The van der Waals surface area contributed by atoms with Crippen molar-refractivity contribution in [1.82, 2.24) is 0 Å². The van der Waals surface area contributed by atoms with Gasteiger partial charge in [0.15, 0.2) is 6.10 Å². The van der Waals surface area contributed by atoms with Crippen molar-refractivity contribution in [1.29, 1.82) is 0 Å². The first-order chi connectivity index (χ1) is 32.6. The Labute approximate surface area is 409 Å². The summed E-state index contributed by atoms with van der Waals surface area (Å²) < 4.78 is 10.7. The van der Waals surface area contributed by atoms with E-state index in [4.69, 9.17) is 9.47 Å². The van der Waals surface area contributed by atoms with Gasteiger partial charge in [0.1, 0.15) is 6.61 Å². The molecule has 1 N–H and O–H groups in total. The minimum absolute atomic E-state index is 0.0735. The Morgan fingerprint density at radius 3 is 0.985 bits per heavy atom. The van der Waals surface area contributed by atoms with Crippen molar-refractivity contribution in [2.24, 2.45) is 0 Å². The molecule has 0 aliphatic rings. The Morgan fingerprint density at radius 1 is 0.364 bits per heavy atom. The second-order valence-corrected chi connectivity index (χ2v) is 18.6. The first-order valence-electron chi connectivity index (χ1n) is 28.1. The van der Waals surface area contributed by atoms with E-state index in [0.29, 0.717) is 12.8 Å². The van der Waals surface area contributed by atoms with E-state index >= 15 is 0 Å². The number of esters is 2. The molecule has 5 nitrogen and oxygen atoms in total. The van der Waals surface area contributed by atoms with Crippen LogP contribution >= 0.6 is 0 Å². The van der Waals surface area contributed by atoms with Gasteiger partial charge < -0.3 is 14.6 Å². The van der Waals surface area contributed by atoms with Gasteiger partial charge in [-0.05, 0) is 89.9 Å². The highest BCUT2D eigenvalue weighted by atomic mass is 16.6. The largest absolute Gasteiger partial charge is 0.462 e. The van der Waals surface area contributed by atoms with E-state index in [9.17, 15) is 14.7 Å². The predicted octanol–water partition coefficient (Wildman–Crippen LogP) is 19.0. The quantitative estimate of drug-likeness (QED) is 0.0374. The summed E-state index contributed by atoms with van der Waals surface area (Å²) in [5.41, 5.74) is 0. The van der Waals surface area contributed by atoms with Gasteiger partial charge in [0, 0.05) is 12.8 Å². The lowest BCUT2D eigenvalue weighted by atomic mass is 10.0. The molecule has 0 radical (unpaired) electrons. The van der Waals surface area contributed by atoms with E-state index in [1.54, 1.807) is 0 Å². The zero-order chi connectivity index (χ0) is 47.7. The van der Waals surface area contributed by atoms with E-state index < -0.39 is 6.10 Å². The third-order valence-corrected chi connectivity index (χ3v) is 12.2. The van der Waals surface area contributed by atoms with Crippen LogP contribution in [0.3, 0.4) is 0 Å². The van der Waals surface area contributed by atoms with Crippen LogP contribution in [0, 0.1) is 0 Å². The fraction of sp³-hybridized carbons (Fsp3) is 0.738. The van der Waals surface area contributed by atoms with Crippen molar-refractivity contribution in [2.75, 3.05) is 13.2 Å². The molecule has 0 saturated heterocycles. The number of ether oxygens (including phenoxy) is 2. The normalized spacial score (nSPS) is 12.8. The van der Waals surface area contributed by atoms with Crippen LogP contribution in [-0.4, -0.2) is 36.4 Å². The topological polar surface area (TPSA) is 72.8 Å². The molecule has 0 aliphatic heterocycles. The van der Waals surface area contributed by atoms with Crippen LogP contribution < -0.4 is 0 Å². The van der Waals surface area contributed by atoms with Crippen LogP contribution in [0.4, 0.5) is 0 Å². The van der Waals surface area contributed by atoms with Gasteiger partial charge in [0.2, 0.25) is 0 Å². The summed E-state index contributed by atoms with van der Waals surface area (Å²) in [6, 6.07) is 0.